The van der Waals surface area contributed by atoms with Gasteiger partial charge >= 0.3 is 11.9 Å². The van der Waals surface area contributed by atoms with Crippen molar-refractivity contribution in [2.75, 3.05) is 6.54 Å². The van der Waals surface area contributed by atoms with Gasteiger partial charge in [-0.15, -0.1) is 0 Å². The molecule has 0 radical (unpaired) electrons. The number of hydrogen-bond acceptors (Lipinski definition) is 5. The summed E-state index contributed by atoms with van der Waals surface area (Å²) in [5, 5.41) is 17.4. The number of rotatable bonds is 6. The Labute approximate surface area is 179 Å². The third kappa shape index (κ3) is 5.92. The van der Waals surface area contributed by atoms with Crippen LogP contribution in [0.4, 0.5) is 0 Å². The van der Waals surface area contributed by atoms with Crippen molar-refractivity contribution < 1.29 is 24.5 Å². The number of carboxylic acid groups (broad SMARTS) is 1. The molecule has 6 heteroatoms. The number of allylic oxidation sites excluding steroid dienone is 2. The molecule has 1 aromatic rings. The van der Waals surface area contributed by atoms with Gasteiger partial charge in [0.2, 0.25) is 0 Å². The van der Waals surface area contributed by atoms with Gasteiger partial charge in [0, 0.05) is 0 Å². The summed E-state index contributed by atoms with van der Waals surface area (Å²) in [7, 11) is 0. The van der Waals surface area contributed by atoms with Crippen LogP contribution in [0.1, 0.15) is 65.0 Å². The van der Waals surface area contributed by atoms with E-state index in [4.69, 9.17) is 20.7 Å². The highest BCUT2D eigenvalue weighted by Crippen LogP contribution is 2.59. The second kappa shape index (κ2) is 9.75. The van der Waals surface area contributed by atoms with Crippen molar-refractivity contribution >= 4 is 11.9 Å². The van der Waals surface area contributed by atoms with Crippen molar-refractivity contribution in [1.29, 1.82) is 0 Å². The zero-order chi connectivity index (χ0) is 22.5. The fraction of sp³-hybridized carbons (Fsp3) is 0.583. The number of aliphatic hydroxyl groups is 1. The molecule has 4 atom stereocenters. The smallest absolute Gasteiger partial charge is 0.337 e. The van der Waals surface area contributed by atoms with Gasteiger partial charge in [-0.2, -0.15) is 0 Å². The maximum absolute atomic E-state index is 12.1. The molecule has 1 saturated carbocycles. The zero-order valence-corrected chi connectivity index (χ0v) is 18.4. The first-order valence-corrected chi connectivity index (χ1v) is 10.6. The predicted octanol–water partition coefficient (Wildman–Crippen LogP) is 3.84. The fourth-order valence-corrected chi connectivity index (χ4v) is 4.48. The summed E-state index contributed by atoms with van der Waals surface area (Å²) in [4.78, 5) is 22.3. The lowest BCUT2D eigenvalue weighted by atomic mass is 9.53. The standard InChI is InChI=1S/C16H27NO2.C8H8O3/c1-5-11-6-12-8-16(10-17,13(12)7-11)9-14(18)19-15(2,3)4;9-7(8(10)11)6-4-2-1-3-5-6/h7,12-13H,5-6,8-10,17H2,1-4H3;1-5,7,9H,(H,10,11)/t12-,13-,16+;7-/m01/s1. The van der Waals surface area contributed by atoms with Crippen molar-refractivity contribution in [3.63, 3.8) is 0 Å². The number of aliphatic hydroxyl groups excluding tert-OH is 1. The minimum atomic E-state index is -1.41. The van der Waals surface area contributed by atoms with Gasteiger partial charge in [-0.1, -0.05) is 48.9 Å². The van der Waals surface area contributed by atoms with Crippen LogP contribution < -0.4 is 5.73 Å². The molecule has 0 aliphatic heterocycles. The number of hydrogen-bond donors (Lipinski definition) is 3. The largest absolute Gasteiger partial charge is 0.479 e. The maximum Gasteiger partial charge on any atom is 0.337 e. The number of fused-ring (bicyclic) bond motifs is 1. The van der Waals surface area contributed by atoms with E-state index >= 15 is 0 Å². The Kier molecular flexibility index (Phi) is 7.83. The van der Waals surface area contributed by atoms with Gasteiger partial charge in [0.05, 0.1) is 6.42 Å². The monoisotopic (exact) mass is 417 g/mol. The highest BCUT2D eigenvalue weighted by molar-refractivity contribution is 5.73. The van der Waals surface area contributed by atoms with Crippen LogP contribution in [-0.4, -0.2) is 34.3 Å². The van der Waals surface area contributed by atoms with Crippen molar-refractivity contribution in [1.82, 2.24) is 0 Å². The fourth-order valence-electron chi connectivity index (χ4n) is 4.48. The minimum Gasteiger partial charge on any atom is -0.479 e. The van der Waals surface area contributed by atoms with Crippen molar-refractivity contribution in [2.45, 2.75) is 65.1 Å². The molecule has 166 valence electrons. The molecule has 0 unspecified atom stereocenters. The Morgan fingerprint density at radius 2 is 1.90 bits per heavy atom. The first-order valence-electron chi connectivity index (χ1n) is 10.6. The number of nitrogens with two attached hydrogens (primary N) is 1. The lowest BCUT2D eigenvalue weighted by molar-refractivity contribution is -0.162. The Morgan fingerprint density at radius 1 is 1.27 bits per heavy atom. The molecule has 0 amide bonds. The van der Waals surface area contributed by atoms with Crippen molar-refractivity contribution in [3.05, 3.63) is 47.5 Å². The second-order valence-corrected chi connectivity index (χ2v) is 9.35. The third-order valence-electron chi connectivity index (χ3n) is 5.95. The van der Waals surface area contributed by atoms with Crippen LogP contribution in [0, 0.1) is 17.3 Å². The van der Waals surface area contributed by atoms with Crippen LogP contribution in [-0.2, 0) is 14.3 Å². The molecule has 2 aliphatic carbocycles. The summed E-state index contributed by atoms with van der Waals surface area (Å²) in [5.41, 5.74) is 7.48. The number of esters is 1. The SMILES string of the molecule is CCC1=C[C@H]2[C@@H](C1)C[C@]2(CN)CC(=O)OC(C)(C)C.O=C(O)[C@H](O)c1ccccc1. The second-order valence-electron chi connectivity index (χ2n) is 9.35. The summed E-state index contributed by atoms with van der Waals surface area (Å²) in [6, 6.07) is 8.26. The predicted molar refractivity (Wildman–Crippen MR) is 116 cm³/mol. The lowest BCUT2D eigenvalue weighted by Crippen LogP contribution is -2.51. The summed E-state index contributed by atoms with van der Waals surface area (Å²) < 4.78 is 5.46. The molecule has 0 aromatic heterocycles. The summed E-state index contributed by atoms with van der Waals surface area (Å²) >= 11 is 0. The number of carbonyl (C=O) groups is 2. The number of carbonyl (C=O) groups excluding carboxylic acids is 1. The molecule has 30 heavy (non-hydrogen) atoms. The quantitative estimate of drug-likeness (QED) is 0.479. The highest BCUT2D eigenvalue weighted by Gasteiger charge is 2.55. The first-order chi connectivity index (χ1) is 14.0. The lowest BCUT2D eigenvalue weighted by Gasteiger charge is -2.51. The average molecular weight is 418 g/mol. The summed E-state index contributed by atoms with van der Waals surface area (Å²) in [5.74, 6) is -0.105. The van der Waals surface area contributed by atoms with Gasteiger partial charge in [-0.05, 0) is 69.4 Å². The maximum atomic E-state index is 12.1. The molecule has 4 N–H and O–H groups in total. The van der Waals surface area contributed by atoms with Crippen LogP contribution >= 0.6 is 0 Å². The van der Waals surface area contributed by atoms with Gasteiger partial charge in [-0.25, -0.2) is 4.79 Å². The Morgan fingerprint density at radius 3 is 2.40 bits per heavy atom. The summed E-state index contributed by atoms with van der Waals surface area (Å²) in [6.45, 7) is 8.52. The van der Waals surface area contributed by atoms with E-state index in [2.05, 4.69) is 13.0 Å². The Bertz CT molecular complexity index is 768. The summed E-state index contributed by atoms with van der Waals surface area (Å²) in [6.07, 6.45) is 4.85. The van der Waals surface area contributed by atoms with Crippen LogP contribution in [0.5, 0.6) is 0 Å². The van der Waals surface area contributed by atoms with E-state index in [-0.39, 0.29) is 11.4 Å². The molecule has 1 fully saturated rings. The molecule has 2 aliphatic rings. The Hall–Kier alpha value is -2.18. The van der Waals surface area contributed by atoms with Gasteiger partial charge < -0.3 is 20.7 Å². The number of ether oxygens (including phenoxy) is 1. The molecular formula is C24H35NO5. The Balaban J connectivity index is 0.000000248. The molecule has 0 spiro atoms. The zero-order valence-electron chi connectivity index (χ0n) is 18.4. The van der Waals surface area contributed by atoms with E-state index in [9.17, 15) is 9.59 Å². The number of benzene rings is 1. The first kappa shape index (κ1) is 24.1. The normalized spacial score (nSPS) is 25.7. The highest BCUT2D eigenvalue weighted by atomic mass is 16.6. The van der Waals surface area contributed by atoms with Crippen LogP contribution in [0.25, 0.3) is 0 Å². The van der Waals surface area contributed by atoms with Crippen LogP contribution in [0.3, 0.4) is 0 Å². The molecule has 0 saturated heterocycles. The van der Waals surface area contributed by atoms with Crippen LogP contribution in [0.15, 0.2) is 42.0 Å². The molecular weight excluding hydrogens is 382 g/mol. The van der Waals surface area contributed by atoms with Gasteiger partial charge in [0.15, 0.2) is 6.10 Å². The topological polar surface area (TPSA) is 110 Å². The van der Waals surface area contributed by atoms with E-state index < -0.39 is 17.7 Å². The minimum absolute atomic E-state index is 0.0378. The van der Waals surface area contributed by atoms with Crippen molar-refractivity contribution in [3.8, 4) is 0 Å². The number of carboxylic acids is 1. The van der Waals surface area contributed by atoms with E-state index in [1.54, 1.807) is 30.3 Å². The molecule has 6 nitrogen and oxygen atoms in total. The molecule has 0 bridgehead atoms. The van der Waals surface area contributed by atoms with E-state index in [1.807, 2.05) is 20.8 Å². The van der Waals surface area contributed by atoms with E-state index in [0.717, 1.165) is 18.8 Å². The van der Waals surface area contributed by atoms with Crippen LogP contribution in [0.2, 0.25) is 0 Å². The molecule has 1 aromatic carbocycles. The van der Waals surface area contributed by atoms with Gasteiger partial charge in [0.25, 0.3) is 0 Å². The van der Waals surface area contributed by atoms with Crippen molar-refractivity contribution in [2.24, 2.45) is 23.0 Å². The van der Waals surface area contributed by atoms with E-state index in [1.165, 1.54) is 12.0 Å². The van der Waals surface area contributed by atoms with Gasteiger partial charge in [-0.3, -0.25) is 4.79 Å². The van der Waals surface area contributed by atoms with Gasteiger partial charge in [0.1, 0.15) is 5.60 Å². The molecule has 0 heterocycles. The van der Waals surface area contributed by atoms with E-state index in [0.29, 0.717) is 24.4 Å². The third-order valence-corrected chi connectivity index (χ3v) is 5.95. The number of aliphatic carboxylic acids is 1. The molecule has 3 rings (SSSR count). The average Bonchev–Trinajstić information content (AvgIpc) is 3.03.